The molecule has 13 heavy (non-hydrogen) atoms. The van der Waals surface area contributed by atoms with Crippen LogP contribution >= 0.6 is 0 Å². The molecule has 0 aliphatic carbocycles. The molecule has 1 heterocycles. The van der Waals surface area contributed by atoms with Crippen LogP contribution in [0.5, 0.6) is 0 Å². The summed E-state index contributed by atoms with van der Waals surface area (Å²) in [4.78, 5) is 0. The van der Waals surface area contributed by atoms with Gasteiger partial charge in [-0.3, -0.25) is 0 Å². The minimum atomic E-state index is -2.89. The van der Waals surface area contributed by atoms with Gasteiger partial charge in [-0.15, -0.1) is 13.2 Å². The average Bonchev–Trinajstić information content (AvgIpc) is 2.33. The van der Waals surface area contributed by atoms with Crippen molar-refractivity contribution >= 4 is 9.84 Å². The van der Waals surface area contributed by atoms with Crippen LogP contribution in [0.15, 0.2) is 25.3 Å². The van der Waals surface area contributed by atoms with Crippen molar-refractivity contribution in [1.82, 2.24) is 0 Å². The van der Waals surface area contributed by atoms with E-state index in [9.17, 15) is 8.42 Å². The molecule has 0 spiro atoms. The lowest BCUT2D eigenvalue weighted by Gasteiger charge is -2.09. The van der Waals surface area contributed by atoms with Gasteiger partial charge in [0.2, 0.25) is 0 Å². The van der Waals surface area contributed by atoms with E-state index in [1.54, 1.807) is 12.2 Å². The Kier molecular flexibility index (Phi) is 3.31. The van der Waals surface area contributed by atoms with Crippen molar-refractivity contribution < 1.29 is 8.42 Å². The molecule has 1 saturated heterocycles. The first kappa shape index (κ1) is 10.5. The molecule has 0 aromatic carbocycles. The third kappa shape index (κ3) is 2.02. The molecule has 0 radical (unpaired) electrons. The summed E-state index contributed by atoms with van der Waals surface area (Å²) in [5.41, 5.74) is 0. The Hall–Kier alpha value is -0.570. The Morgan fingerprint density at radius 3 is 1.77 bits per heavy atom. The molecule has 1 fully saturated rings. The van der Waals surface area contributed by atoms with Gasteiger partial charge >= 0.3 is 0 Å². The van der Waals surface area contributed by atoms with Crippen molar-refractivity contribution in [3.63, 3.8) is 0 Å². The molecule has 1 rings (SSSR count). The van der Waals surface area contributed by atoms with Crippen molar-refractivity contribution in [1.29, 1.82) is 0 Å². The summed E-state index contributed by atoms with van der Waals surface area (Å²) in [6.45, 7) is 7.15. The van der Waals surface area contributed by atoms with Crippen LogP contribution in [0.1, 0.15) is 25.7 Å². The van der Waals surface area contributed by atoms with E-state index in [4.69, 9.17) is 0 Å². The maximum absolute atomic E-state index is 11.8. The molecule has 0 amide bonds. The Morgan fingerprint density at radius 1 is 1.08 bits per heavy atom. The van der Waals surface area contributed by atoms with Crippen LogP contribution in [0.4, 0.5) is 0 Å². The minimum absolute atomic E-state index is 0.185. The van der Waals surface area contributed by atoms with E-state index >= 15 is 0 Å². The fraction of sp³-hybridized carbons (Fsp3) is 0.600. The van der Waals surface area contributed by atoms with E-state index in [-0.39, 0.29) is 10.5 Å². The van der Waals surface area contributed by atoms with Crippen LogP contribution < -0.4 is 0 Å². The standard InChI is InChI=1S/C10H16O2S/c1-3-5-9-7-8-10(6-4-2)13(9,11)12/h3-4,9-10H,1-2,5-8H2. The van der Waals surface area contributed by atoms with Gasteiger partial charge in [-0.05, 0) is 25.7 Å². The molecule has 2 atom stereocenters. The second-order valence-electron chi connectivity index (χ2n) is 3.46. The second-order valence-corrected chi connectivity index (χ2v) is 5.97. The summed E-state index contributed by atoms with van der Waals surface area (Å²) in [6.07, 6.45) is 6.14. The molecule has 74 valence electrons. The number of allylic oxidation sites excluding steroid dienone is 2. The minimum Gasteiger partial charge on any atom is -0.228 e. The van der Waals surface area contributed by atoms with E-state index < -0.39 is 9.84 Å². The SMILES string of the molecule is C=CCC1CCC(CC=C)S1(=O)=O. The normalized spacial score (nSPS) is 31.4. The van der Waals surface area contributed by atoms with Crippen LogP contribution in [-0.4, -0.2) is 18.9 Å². The first-order valence-electron chi connectivity index (χ1n) is 4.57. The van der Waals surface area contributed by atoms with Crippen LogP contribution in [0.2, 0.25) is 0 Å². The molecule has 0 N–H and O–H groups in total. The number of hydrogen-bond donors (Lipinski definition) is 0. The summed E-state index contributed by atoms with van der Waals surface area (Å²) in [6, 6.07) is 0. The van der Waals surface area contributed by atoms with Gasteiger partial charge in [0, 0.05) is 0 Å². The van der Waals surface area contributed by atoms with Crippen LogP contribution in [0.3, 0.4) is 0 Å². The Labute approximate surface area is 80.3 Å². The van der Waals surface area contributed by atoms with Gasteiger partial charge in [0.15, 0.2) is 9.84 Å². The van der Waals surface area contributed by atoms with Gasteiger partial charge in [0.25, 0.3) is 0 Å². The summed E-state index contributed by atoms with van der Waals surface area (Å²) < 4.78 is 23.6. The van der Waals surface area contributed by atoms with Crippen LogP contribution in [0.25, 0.3) is 0 Å². The Bertz CT molecular complexity index is 266. The van der Waals surface area contributed by atoms with E-state index in [2.05, 4.69) is 13.2 Å². The third-order valence-electron chi connectivity index (χ3n) is 2.60. The Morgan fingerprint density at radius 2 is 1.46 bits per heavy atom. The van der Waals surface area contributed by atoms with E-state index in [0.717, 1.165) is 12.8 Å². The fourth-order valence-corrected chi connectivity index (χ4v) is 4.13. The lowest BCUT2D eigenvalue weighted by molar-refractivity contribution is 0.581. The van der Waals surface area contributed by atoms with Gasteiger partial charge in [-0.25, -0.2) is 8.42 Å². The highest BCUT2D eigenvalue weighted by Gasteiger charge is 2.38. The summed E-state index contributed by atoms with van der Waals surface area (Å²) in [5.74, 6) is 0. The first-order valence-corrected chi connectivity index (χ1v) is 6.18. The maximum atomic E-state index is 11.8. The molecule has 3 heteroatoms. The fourth-order valence-electron chi connectivity index (χ4n) is 1.85. The lowest BCUT2D eigenvalue weighted by atomic mass is 10.1. The molecule has 0 bridgehead atoms. The number of rotatable bonds is 4. The third-order valence-corrected chi connectivity index (χ3v) is 5.31. The highest BCUT2D eigenvalue weighted by atomic mass is 32.2. The van der Waals surface area contributed by atoms with Crippen molar-refractivity contribution in [3.05, 3.63) is 25.3 Å². The molecular weight excluding hydrogens is 184 g/mol. The van der Waals surface area contributed by atoms with Crippen molar-refractivity contribution in [2.24, 2.45) is 0 Å². The van der Waals surface area contributed by atoms with Gasteiger partial charge in [-0.1, -0.05) is 12.2 Å². The topological polar surface area (TPSA) is 34.1 Å². The molecule has 1 aliphatic heterocycles. The number of sulfone groups is 1. The molecule has 0 aromatic rings. The van der Waals surface area contributed by atoms with E-state index in [0.29, 0.717) is 12.8 Å². The maximum Gasteiger partial charge on any atom is 0.156 e. The highest BCUT2D eigenvalue weighted by Crippen LogP contribution is 2.31. The predicted octanol–water partition coefficient (Wildman–Crippen LogP) is 2.08. The van der Waals surface area contributed by atoms with Gasteiger partial charge in [-0.2, -0.15) is 0 Å². The zero-order valence-corrected chi connectivity index (χ0v) is 8.59. The second kappa shape index (κ2) is 4.09. The van der Waals surface area contributed by atoms with Crippen molar-refractivity contribution in [2.75, 3.05) is 0 Å². The van der Waals surface area contributed by atoms with Crippen LogP contribution in [0, 0.1) is 0 Å². The molecule has 1 aliphatic rings. The number of hydrogen-bond acceptors (Lipinski definition) is 2. The quantitative estimate of drug-likeness (QED) is 0.651. The van der Waals surface area contributed by atoms with Gasteiger partial charge in [0.1, 0.15) is 0 Å². The first-order chi connectivity index (χ1) is 6.12. The predicted molar refractivity (Wildman–Crippen MR) is 55.4 cm³/mol. The van der Waals surface area contributed by atoms with E-state index in [1.165, 1.54) is 0 Å². The molecule has 0 saturated carbocycles. The lowest BCUT2D eigenvalue weighted by Crippen LogP contribution is -2.22. The zero-order chi connectivity index (χ0) is 9.90. The van der Waals surface area contributed by atoms with E-state index in [1.807, 2.05) is 0 Å². The molecule has 2 unspecified atom stereocenters. The highest BCUT2D eigenvalue weighted by molar-refractivity contribution is 7.92. The van der Waals surface area contributed by atoms with Crippen molar-refractivity contribution in [3.8, 4) is 0 Å². The molecule has 2 nitrogen and oxygen atoms in total. The smallest absolute Gasteiger partial charge is 0.156 e. The van der Waals surface area contributed by atoms with Crippen molar-refractivity contribution in [2.45, 2.75) is 36.2 Å². The molecule has 0 aromatic heterocycles. The average molecular weight is 200 g/mol. The van der Waals surface area contributed by atoms with Crippen LogP contribution in [-0.2, 0) is 9.84 Å². The largest absolute Gasteiger partial charge is 0.228 e. The van der Waals surface area contributed by atoms with Gasteiger partial charge < -0.3 is 0 Å². The Balaban J connectivity index is 2.76. The summed E-state index contributed by atoms with van der Waals surface area (Å²) in [5, 5.41) is -0.370. The van der Waals surface area contributed by atoms with Gasteiger partial charge in [0.05, 0.1) is 10.5 Å². The zero-order valence-electron chi connectivity index (χ0n) is 7.78. The summed E-state index contributed by atoms with van der Waals surface area (Å²) >= 11 is 0. The monoisotopic (exact) mass is 200 g/mol. The molecular formula is C10H16O2S. The summed E-state index contributed by atoms with van der Waals surface area (Å²) in [7, 11) is -2.89.